The van der Waals surface area contributed by atoms with E-state index in [1.54, 1.807) is 12.3 Å². The fourth-order valence-corrected chi connectivity index (χ4v) is 1.15. The fraction of sp³-hybridized carbons (Fsp3) is 0.273. The molecule has 3 nitrogen and oxygen atoms in total. The summed E-state index contributed by atoms with van der Waals surface area (Å²) in [4.78, 5) is 17.6. The van der Waals surface area contributed by atoms with Gasteiger partial charge in [0.15, 0.2) is 0 Å². The first-order valence-corrected chi connectivity index (χ1v) is 4.71. The lowest BCUT2D eigenvalue weighted by Gasteiger charge is -1.96. The first kappa shape index (κ1) is 10.4. The van der Waals surface area contributed by atoms with E-state index in [9.17, 15) is 4.79 Å². The van der Waals surface area contributed by atoms with Crippen molar-refractivity contribution in [1.29, 1.82) is 0 Å². The molecule has 0 aliphatic rings. The van der Waals surface area contributed by atoms with E-state index >= 15 is 0 Å². The molecule has 0 unspecified atom stereocenters. The van der Waals surface area contributed by atoms with Crippen molar-refractivity contribution in [3.8, 4) is 0 Å². The van der Waals surface area contributed by atoms with Crippen LogP contribution in [-0.4, -0.2) is 9.97 Å². The van der Waals surface area contributed by atoms with Crippen LogP contribution in [0.4, 0.5) is 0 Å². The molecule has 2 aromatic rings. The first-order chi connectivity index (χ1) is 6.75. The minimum Gasteiger partial charge on any atom is -0.307 e. The van der Waals surface area contributed by atoms with Gasteiger partial charge in [0.25, 0.3) is 0 Å². The molecule has 2 aromatic heterocycles. The van der Waals surface area contributed by atoms with Crippen LogP contribution in [0.3, 0.4) is 0 Å². The minimum absolute atomic E-state index is 0.112. The molecule has 0 bridgehead atoms. The normalized spacial score (nSPS) is 9.36. The maximum absolute atomic E-state index is 10.9. The maximum atomic E-state index is 10.9. The Balaban J connectivity index is 0.000000461. The van der Waals surface area contributed by atoms with Gasteiger partial charge in [0.05, 0.1) is 0 Å². The Kier molecular flexibility index (Phi) is 3.40. The number of aromatic nitrogens is 2. The van der Waals surface area contributed by atoms with Gasteiger partial charge in [-0.15, -0.1) is 0 Å². The van der Waals surface area contributed by atoms with Gasteiger partial charge in [0, 0.05) is 17.6 Å². The lowest BCUT2D eigenvalue weighted by molar-refractivity contribution is 1.21. The zero-order valence-electron chi connectivity index (χ0n) is 8.66. The fourth-order valence-electron chi connectivity index (χ4n) is 1.15. The zero-order chi connectivity index (χ0) is 10.6. The van der Waals surface area contributed by atoms with Crippen molar-refractivity contribution in [3.63, 3.8) is 0 Å². The predicted molar refractivity (Wildman–Crippen MR) is 58.4 cm³/mol. The van der Waals surface area contributed by atoms with Crippen LogP contribution in [0.5, 0.6) is 0 Å². The van der Waals surface area contributed by atoms with Crippen LogP contribution in [0.15, 0.2) is 29.2 Å². The molecule has 0 fully saturated rings. The highest BCUT2D eigenvalue weighted by Gasteiger charge is 1.94. The van der Waals surface area contributed by atoms with Crippen LogP contribution in [0.1, 0.15) is 19.4 Å². The molecule has 0 aliphatic carbocycles. The number of aryl methyl sites for hydroxylation is 1. The van der Waals surface area contributed by atoms with Crippen LogP contribution < -0.4 is 5.56 Å². The van der Waals surface area contributed by atoms with E-state index in [0.717, 1.165) is 10.9 Å². The standard InChI is InChI=1S/C9H8N2O.C2H6/c1-6-4-7-2-3-8(12)11-9(7)10-5-6;1-2/h2-5H,1H3,(H,10,11,12);1-2H3. The Hall–Kier alpha value is -1.64. The van der Waals surface area contributed by atoms with Gasteiger partial charge in [-0.25, -0.2) is 4.98 Å². The van der Waals surface area contributed by atoms with E-state index in [-0.39, 0.29) is 5.56 Å². The Bertz CT molecular complexity index is 474. The number of nitrogens with zero attached hydrogens (tertiary/aromatic N) is 1. The quantitative estimate of drug-likeness (QED) is 0.692. The average molecular weight is 190 g/mol. The Morgan fingerprint density at radius 2 is 2.00 bits per heavy atom. The summed E-state index contributed by atoms with van der Waals surface area (Å²) in [5.74, 6) is 0. The molecule has 0 radical (unpaired) electrons. The van der Waals surface area contributed by atoms with Gasteiger partial charge in [0.2, 0.25) is 5.56 Å². The van der Waals surface area contributed by atoms with Crippen LogP contribution >= 0.6 is 0 Å². The molecule has 2 heterocycles. The zero-order valence-corrected chi connectivity index (χ0v) is 8.66. The summed E-state index contributed by atoms with van der Waals surface area (Å²) in [5, 5.41) is 0.967. The number of hydrogen-bond acceptors (Lipinski definition) is 2. The molecular formula is C11H14N2O. The van der Waals surface area contributed by atoms with E-state index in [4.69, 9.17) is 0 Å². The molecule has 0 atom stereocenters. The molecule has 74 valence electrons. The second-order valence-electron chi connectivity index (χ2n) is 2.77. The maximum Gasteiger partial charge on any atom is 0.249 e. The van der Waals surface area contributed by atoms with Gasteiger partial charge in [-0.05, 0) is 24.6 Å². The van der Waals surface area contributed by atoms with Crippen molar-refractivity contribution in [2.75, 3.05) is 0 Å². The lowest BCUT2D eigenvalue weighted by Crippen LogP contribution is -2.03. The molecule has 0 saturated heterocycles. The SMILES string of the molecule is CC.Cc1cnc2[nH]c(=O)ccc2c1. The second kappa shape index (κ2) is 4.56. The number of rotatable bonds is 0. The number of fused-ring (bicyclic) bond motifs is 1. The summed E-state index contributed by atoms with van der Waals surface area (Å²) in [5.41, 5.74) is 1.63. The molecule has 0 spiro atoms. The highest BCUT2D eigenvalue weighted by molar-refractivity contribution is 5.74. The third-order valence-electron chi connectivity index (χ3n) is 1.71. The van der Waals surface area contributed by atoms with Crippen LogP contribution in [0.2, 0.25) is 0 Å². The van der Waals surface area contributed by atoms with Gasteiger partial charge in [0.1, 0.15) is 5.65 Å². The number of nitrogens with one attached hydrogen (secondary N) is 1. The highest BCUT2D eigenvalue weighted by Crippen LogP contribution is 2.07. The van der Waals surface area contributed by atoms with Gasteiger partial charge >= 0.3 is 0 Å². The summed E-state index contributed by atoms with van der Waals surface area (Å²) in [7, 11) is 0. The molecular weight excluding hydrogens is 176 g/mol. The number of aromatic amines is 1. The van der Waals surface area contributed by atoms with Gasteiger partial charge in [-0.2, -0.15) is 0 Å². The van der Waals surface area contributed by atoms with Crippen LogP contribution in [-0.2, 0) is 0 Å². The van der Waals surface area contributed by atoms with Gasteiger partial charge in [-0.1, -0.05) is 13.8 Å². The largest absolute Gasteiger partial charge is 0.307 e. The first-order valence-electron chi connectivity index (χ1n) is 4.71. The molecule has 0 aliphatic heterocycles. The Labute approximate surface area is 82.8 Å². The van der Waals surface area contributed by atoms with E-state index < -0.39 is 0 Å². The molecule has 2 rings (SSSR count). The van der Waals surface area contributed by atoms with E-state index in [1.165, 1.54) is 6.07 Å². The van der Waals surface area contributed by atoms with Crippen molar-refractivity contribution < 1.29 is 0 Å². The van der Waals surface area contributed by atoms with Crippen molar-refractivity contribution >= 4 is 11.0 Å². The Morgan fingerprint density at radius 1 is 1.29 bits per heavy atom. The predicted octanol–water partition coefficient (Wildman–Crippen LogP) is 2.26. The summed E-state index contributed by atoms with van der Waals surface area (Å²) >= 11 is 0. The molecule has 1 N–H and O–H groups in total. The van der Waals surface area contributed by atoms with Gasteiger partial charge < -0.3 is 4.98 Å². The third-order valence-corrected chi connectivity index (χ3v) is 1.71. The van der Waals surface area contributed by atoms with Crippen molar-refractivity contribution in [3.05, 3.63) is 40.3 Å². The van der Waals surface area contributed by atoms with Gasteiger partial charge in [-0.3, -0.25) is 4.79 Å². The molecule has 3 heteroatoms. The topological polar surface area (TPSA) is 45.8 Å². The average Bonchev–Trinajstić information content (AvgIpc) is 2.21. The van der Waals surface area contributed by atoms with E-state index in [2.05, 4.69) is 9.97 Å². The van der Waals surface area contributed by atoms with Crippen molar-refractivity contribution in [2.24, 2.45) is 0 Å². The lowest BCUT2D eigenvalue weighted by atomic mass is 10.2. The Morgan fingerprint density at radius 3 is 2.71 bits per heavy atom. The molecule has 0 aromatic carbocycles. The second-order valence-corrected chi connectivity index (χ2v) is 2.77. The summed E-state index contributed by atoms with van der Waals surface area (Å²) in [6, 6.07) is 5.26. The van der Waals surface area contributed by atoms with E-state index in [0.29, 0.717) is 5.65 Å². The summed E-state index contributed by atoms with van der Waals surface area (Å²) < 4.78 is 0. The smallest absolute Gasteiger partial charge is 0.249 e. The molecule has 0 saturated carbocycles. The van der Waals surface area contributed by atoms with Crippen molar-refractivity contribution in [2.45, 2.75) is 20.8 Å². The monoisotopic (exact) mass is 190 g/mol. The van der Waals surface area contributed by atoms with Crippen LogP contribution in [0.25, 0.3) is 11.0 Å². The number of hydrogen-bond donors (Lipinski definition) is 1. The third kappa shape index (κ3) is 2.19. The number of pyridine rings is 2. The van der Waals surface area contributed by atoms with Crippen LogP contribution in [0, 0.1) is 6.92 Å². The highest BCUT2D eigenvalue weighted by atomic mass is 16.1. The molecule has 14 heavy (non-hydrogen) atoms. The van der Waals surface area contributed by atoms with Crippen molar-refractivity contribution in [1.82, 2.24) is 9.97 Å². The molecule has 0 amide bonds. The summed E-state index contributed by atoms with van der Waals surface area (Å²) in [6.45, 7) is 5.97. The van der Waals surface area contributed by atoms with E-state index in [1.807, 2.05) is 26.8 Å². The minimum atomic E-state index is -0.112. The summed E-state index contributed by atoms with van der Waals surface area (Å²) in [6.07, 6.45) is 1.73. The number of H-pyrrole nitrogens is 1.